The molecule has 0 radical (unpaired) electrons. The smallest absolute Gasteiger partial charge is 0.247 e. The molecule has 0 fully saturated rings. The minimum Gasteiger partial charge on any atom is -0.323 e. The zero-order chi connectivity index (χ0) is 28.4. The molecular weight excluding hydrogens is 504 g/mol. The summed E-state index contributed by atoms with van der Waals surface area (Å²) in [7, 11) is -3.40. The Kier molecular flexibility index (Phi) is 10.8. The molecule has 1 heterocycles. The van der Waals surface area contributed by atoms with Crippen LogP contribution in [0.2, 0.25) is 0 Å². The second-order valence-corrected chi connectivity index (χ2v) is 12.0. The molecule has 0 spiro atoms. The second-order valence-electron chi connectivity index (χ2n) is 9.86. The minimum atomic E-state index is -3.40. The van der Waals surface area contributed by atoms with Crippen molar-refractivity contribution >= 4 is 27.0 Å². The summed E-state index contributed by atoms with van der Waals surface area (Å²) in [5, 5.41) is 2.80. The van der Waals surface area contributed by atoms with Gasteiger partial charge in [-0.3, -0.25) is 9.78 Å². The fourth-order valence-corrected chi connectivity index (χ4v) is 6.07. The van der Waals surface area contributed by atoms with E-state index in [1.165, 1.54) is 6.08 Å². The SMILES string of the molecule is C=CC(=O)Nc1cccc(-c2cnc(C)c(/C(=C\CCC)c3cccc(S(=O)(=O)CCC(CC)CC)c3)c2)c1. The predicted molar refractivity (Wildman–Crippen MR) is 162 cm³/mol. The maximum Gasteiger partial charge on any atom is 0.247 e. The van der Waals surface area contributed by atoms with Gasteiger partial charge in [0.15, 0.2) is 9.84 Å². The highest BCUT2D eigenvalue weighted by atomic mass is 32.2. The molecule has 0 saturated carbocycles. The largest absolute Gasteiger partial charge is 0.323 e. The van der Waals surface area contributed by atoms with E-state index in [9.17, 15) is 13.2 Å². The van der Waals surface area contributed by atoms with Crippen LogP contribution < -0.4 is 5.32 Å². The Bertz CT molecular complexity index is 1440. The third kappa shape index (κ3) is 7.99. The summed E-state index contributed by atoms with van der Waals surface area (Å²) in [6.07, 6.45) is 9.71. The lowest BCUT2D eigenvalue weighted by molar-refractivity contribution is -0.111. The van der Waals surface area contributed by atoms with E-state index < -0.39 is 9.84 Å². The van der Waals surface area contributed by atoms with Gasteiger partial charge in [0.2, 0.25) is 5.91 Å². The number of anilines is 1. The van der Waals surface area contributed by atoms with Gasteiger partial charge in [-0.2, -0.15) is 0 Å². The Morgan fingerprint density at radius 3 is 2.46 bits per heavy atom. The van der Waals surface area contributed by atoms with E-state index in [1.54, 1.807) is 12.1 Å². The molecule has 1 aromatic heterocycles. The maximum absolute atomic E-state index is 13.3. The molecule has 1 amide bonds. The van der Waals surface area contributed by atoms with Crippen molar-refractivity contribution in [3.05, 3.63) is 96.3 Å². The van der Waals surface area contributed by atoms with E-state index in [4.69, 9.17) is 4.98 Å². The molecule has 0 aliphatic heterocycles. The van der Waals surface area contributed by atoms with Crippen molar-refractivity contribution in [2.75, 3.05) is 11.1 Å². The number of unbranched alkanes of at least 4 members (excludes halogenated alkanes) is 1. The third-order valence-electron chi connectivity index (χ3n) is 7.12. The lowest BCUT2D eigenvalue weighted by Crippen LogP contribution is -2.11. The summed E-state index contributed by atoms with van der Waals surface area (Å²) in [5.41, 5.74) is 6.14. The van der Waals surface area contributed by atoms with E-state index in [2.05, 4.69) is 44.8 Å². The van der Waals surface area contributed by atoms with Crippen LogP contribution in [0.5, 0.6) is 0 Å². The zero-order valence-corrected chi connectivity index (χ0v) is 24.4. The number of allylic oxidation sites excluding steroid dienone is 1. The number of rotatable bonds is 13. The normalized spacial score (nSPS) is 12.0. The first kappa shape index (κ1) is 30.0. The van der Waals surface area contributed by atoms with Crippen molar-refractivity contribution in [3.8, 4) is 11.1 Å². The molecule has 0 aliphatic rings. The highest BCUT2D eigenvalue weighted by molar-refractivity contribution is 7.91. The molecule has 0 aliphatic carbocycles. The number of carbonyl (C=O) groups excluding carboxylic acids is 1. The molecule has 3 aromatic rings. The fraction of sp³-hybridized carbons (Fsp3) is 0.333. The molecular formula is C33H40N2O3S. The Labute approximate surface area is 234 Å². The number of hydrogen-bond donors (Lipinski definition) is 1. The standard InChI is InChI=1S/C33H40N2O3S/c1-6-10-17-31(27-14-12-16-30(21-27)39(37,38)19-18-25(7-2)8-3)32-22-28(23-34-24(32)5)26-13-11-15-29(20-26)35-33(36)9-4/h9,11-17,20-23,25H,4,6-8,10,18-19H2,1-3,5H3,(H,35,36)/b31-17-. The number of nitrogens with one attached hydrogen (secondary N) is 1. The van der Waals surface area contributed by atoms with Crippen LogP contribution >= 0.6 is 0 Å². The summed E-state index contributed by atoms with van der Waals surface area (Å²) in [5.74, 6) is 0.309. The molecule has 5 nitrogen and oxygen atoms in total. The Morgan fingerprint density at radius 2 is 1.77 bits per heavy atom. The molecule has 0 unspecified atom stereocenters. The predicted octanol–water partition coefficient (Wildman–Crippen LogP) is 8.01. The summed E-state index contributed by atoms with van der Waals surface area (Å²) in [6.45, 7) is 11.8. The Morgan fingerprint density at radius 1 is 1.03 bits per heavy atom. The van der Waals surface area contributed by atoms with Gasteiger partial charge in [-0.15, -0.1) is 0 Å². The quantitative estimate of drug-likeness (QED) is 0.221. The molecule has 206 valence electrons. The zero-order valence-electron chi connectivity index (χ0n) is 23.5. The molecule has 0 atom stereocenters. The molecule has 3 rings (SSSR count). The van der Waals surface area contributed by atoms with Crippen LogP contribution in [0.25, 0.3) is 16.7 Å². The Hall–Kier alpha value is -3.51. The van der Waals surface area contributed by atoms with Crippen molar-refractivity contribution < 1.29 is 13.2 Å². The number of benzene rings is 2. The van der Waals surface area contributed by atoms with Crippen LogP contribution in [0.15, 0.2) is 84.4 Å². The molecule has 1 N–H and O–H groups in total. The van der Waals surface area contributed by atoms with Crippen molar-refractivity contribution in [1.29, 1.82) is 0 Å². The fourth-order valence-electron chi connectivity index (χ4n) is 4.60. The average Bonchev–Trinajstić information content (AvgIpc) is 2.95. The summed E-state index contributed by atoms with van der Waals surface area (Å²) in [4.78, 5) is 16.8. The molecule has 0 bridgehead atoms. The van der Waals surface area contributed by atoms with E-state index in [1.807, 2.05) is 49.5 Å². The topological polar surface area (TPSA) is 76.1 Å². The highest BCUT2D eigenvalue weighted by Gasteiger charge is 2.19. The van der Waals surface area contributed by atoms with Gasteiger partial charge >= 0.3 is 0 Å². The van der Waals surface area contributed by atoms with Crippen molar-refractivity contribution in [2.24, 2.45) is 5.92 Å². The second kappa shape index (κ2) is 14.0. The monoisotopic (exact) mass is 544 g/mol. The van der Waals surface area contributed by atoms with Gasteiger partial charge in [-0.05, 0) is 78.8 Å². The van der Waals surface area contributed by atoms with Crippen LogP contribution in [-0.4, -0.2) is 25.1 Å². The van der Waals surface area contributed by atoms with Gasteiger partial charge in [0.05, 0.1) is 10.6 Å². The Balaban J connectivity index is 2.03. The van der Waals surface area contributed by atoms with Gasteiger partial charge in [-0.1, -0.05) is 77.0 Å². The highest BCUT2D eigenvalue weighted by Crippen LogP contribution is 2.32. The summed E-state index contributed by atoms with van der Waals surface area (Å²) >= 11 is 0. The number of hydrogen-bond acceptors (Lipinski definition) is 4. The molecule has 2 aromatic carbocycles. The number of sulfone groups is 1. The van der Waals surface area contributed by atoms with Gasteiger partial charge in [0.25, 0.3) is 0 Å². The van der Waals surface area contributed by atoms with Crippen molar-refractivity contribution in [3.63, 3.8) is 0 Å². The summed E-state index contributed by atoms with van der Waals surface area (Å²) < 4.78 is 26.5. The lowest BCUT2D eigenvalue weighted by atomic mass is 9.93. The van der Waals surface area contributed by atoms with Gasteiger partial charge in [0, 0.05) is 28.7 Å². The first-order valence-corrected chi connectivity index (χ1v) is 15.4. The van der Waals surface area contributed by atoms with Gasteiger partial charge in [-0.25, -0.2) is 8.42 Å². The van der Waals surface area contributed by atoms with E-state index in [0.717, 1.165) is 59.2 Å². The first-order chi connectivity index (χ1) is 18.7. The number of amides is 1. The minimum absolute atomic E-state index is 0.158. The third-order valence-corrected chi connectivity index (χ3v) is 8.86. The van der Waals surface area contributed by atoms with Gasteiger partial charge in [0.1, 0.15) is 0 Å². The van der Waals surface area contributed by atoms with Crippen LogP contribution in [0.3, 0.4) is 0 Å². The van der Waals surface area contributed by atoms with Gasteiger partial charge < -0.3 is 5.32 Å². The molecule has 0 saturated heterocycles. The summed E-state index contributed by atoms with van der Waals surface area (Å²) in [6, 6.07) is 17.0. The van der Waals surface area contributed by atoms with Crippen molar-refractivity contribution in [2.45, 2.75) is 64.7 Å². The van der Waals surface area contributed by atoms with Crippen LogP contribution in [0, 0.1) is 12.8 Å². The number of aromatic nitrogens is 1. The average molecular weight is 545 g/mol. The van der Waals surface area contributed by atoms with E-state index in [0.29, 0.717) is 22.9 Å². The molecule has 39 heavy (non-hydrogen) atoms. The van der Waals surface area contributed by atoms with Crippen LogP contribution in [0.4, 0.5) is 5.69 Å². The number of aryl methyl sites for hydroxylation is 1. The molecule has 6 heteroatoms. The van der Waals surface area contributed by atoms with E-state index >= 15 is 0 Å². The number of pyridine rings is 1. The van der Waals surface area contributed by atoms with E-state index in [-0.39, 0.29) is 11.7 Å². The maximum atomic E-state index is 13.3. The van der Waals surface area contributed by atoms with Crippen LogP contribution in [0.1, 0.15) is 69.7 Å². The first-order valence-electron chi connectivity index (χ1n) is 13.8. The van der Waals surface area contributed by atoms with Crippen molar-refractivity contribution in [1.82, 2.24) is 4.98 Å². The lowest BCUT2D eigenvalue weighted by Gasteiger charge is -2.16. The number of nitrogens with zero attached hydrogens (tertiary/aromatic N) is 1. The van der Waals surface area contributed by atoms with Crippen LogP contribution in [-0.2, 0) is 14.6 Å². The number of carbonyl (C=O) groups is 1.